The van der Waals surface area contributed by atoms with Crippen LogP contribution in [0.1, 0.15) is 53.2 Å². The van der Waals surface area contributed by atoms with E-state index in [1.807, 2.05) is 36.5 Å². The fraction of sp³-hybridized carbons (Fsp3) is 0.765. The molecule has 0 saturated carbocycles. The number of rotatable bonds is 4. The molecule has 1 aromatic rings. The summed E-state index contributed by atoms with van der Waals surface area (Å²) in [5, 5.41) is 7.94. The summed E-state index contributed by atoms with van der Waals surface area (Å²) in [5.41, 5.74) is 0.805. The van der Waals surface area contributed by atoms with Crippen LogP contribution in [-0.2, 0) is 17.8 Å². The summed E-state index contributed by atoms with van der Waals surface area (Å²) in [6.45, 7) is 13.2. The van der Waals surface area contributed by atoms with Crippen molar-refractivity contribution in [2.75, 3.05) is 13.1 Å². The molecule has 1 aliphatic rings. The van der Waals surface area contributed by atoms with Gasteiger partial charge in [-0.1, -0.05) is 0 Å². The Balaban J connectivity index is 1.84. The lowest BCUT2D eigenvalue weighted by molar-refractivity contribution is 0.0156. The molecule has 1 aliphatic heterocycles. The number of hydrogen-bond acceptors (Lipinski definition) is 4. The summed E-state index contributed by atoms with van der Waals surface area (Å²) in [6, 6.07) is 2.05. The second kappa shape index (κ2) is 6.91. The Labute approximate surface area is 139 Å². The summed E-state index contributed by atoms with van der Waals surface area (Å²) < 4.78 is 7.46. The number of ether oxygens (including phenoxy) is 1. The minimum Gasteiger partial charge on any atom is -0.444 e. The van der Waals surface area contributed by atoms with Crippen molar-refractivity contribution in [3.63, 3.8) is 0 Å². The van der Waals surface area contributed by atoms with Gasteiger partial charge in [0.2, 0.25) is 0 Å². The minimum absolute atomic E-state index is 0.0430. The van der Waals surface area contributed by atoms with E-state index in [2.05, 4.69) is 30.3 Å². The van der Waals surface area contributed by atoms with Crippen molar-refractivity contribution < 1.29 is 9.53 Å². The molecule has 130 valence electrons. The van der Waals surface area contributed by atoms with Crippen LogP contribution in [0.5, 0.6) is 0 Å². The summed E-state index contributed by atoms with van der Waals surface area (Å²) in [7, 11) is 0. The second-order valence-electron chi connectivity index (χ2n) is 7.52. The van der Waals surface area contributed by atoms with E-state index in [-0.39, 0.29) is 11.6 Å². The van der Waals surface area contributed by atoms with Gasteiger partial charge in [-0.3, -0.25) is 4.68 Å². The number of nitrogens with one attached hydrogen (secondary N) is 1. The number of piperidine rings is 1. The molecule has 1 fully saturated rings. The molecule has 0 unspecified atom stereocenters. The van der Waals surface area contributed by atoms with E-state index in [1.165, 1.54) is 5.69 Å². The molecule has 0 aliphatic carbocycles. The number of hydrogen-bond donors (Lipinski definition) is 1. The molecule has 2 heterocycles. The highest BCUT2D eigenvalue weighted by molar-refractivity contribution is 5.68. The van der Waals surface area contributed by atoms with Crippen LogP contribution in [0.15, 0.2) is 12.3 Å². The molecule has 0 radical (unpaired) electrons. The lowest BCUT2D eigenvalue weighted by Gasteiger charge is -2.40. The summed E-state index contributed by atoms with van der Waals surface area (Å²) in [4.78, 5) is 13.9. The molecular formula is C17H30N4O2. The van der Waals surface area contributed by atoms with Gasteiger partial charge < -0.3 is 15.0 Å². The monoisotopic (exact) mass is 322 g/mol. The van der Waals surface area contributed by atoms with Gasteiger partial charge in [-0.2, -0.15) is 5.10 Å². The highest BCUT2D eigenvalue weighted by atomic mass is 16.6. The standard InChI is InChI=1S/C17H30N4O2/c1-6-21-14(7-10-19-21)13-18-17(5)8-11-20(12-9-17)15(22)23-16(2,3)4/h7,10,18H,6,8-9,11-13H2,1-5H3. The van der Waals surface area contributed by atoms with Crippen molar-refractivity contribution in [3.05, 3.63) is 18.0 Å². The molecule has 0 atom stereocenters. The zero-order valence-electron chi connectivity index (χ0n) is 15.1. The molecule has 2 rings (SSSR count). The highest BCUT2D eigenvalue weighted by Crippen LogP contribution is 2.23. The van der Waals surface area contributed by atoms with Crippen LogP contribution >= 0.6 is 0 Å². The number of carbonyl (C=O) groups excluding carboxylic acids is 1. The van der Waals surface area contributed by atoms with Crippen molar-refractivity contribution >= 4 is 6.09 Å². The van der Waals surface area contributed by atoms with E-state index in [0.29, 0.717) is 0 Å². The Hall–Kier alpha value is -1.56. The van der Waals surface area contributed by atoms with Crippen molar-refractivity contribution in [1.29, 1.82) is 0 Å². The van der Waals surface area contributed by atoms with Crippen LogP contribution in [0, 0.1) is 0 Å². The first-order valence-corrected chi connectivity index (χ1v) is 8.46. The Morgan fingerprint density at radius 2 is 2.04 bits per heavy atom. The maximum atomic E-state index is 12.1. The third-order valence-electron chi connectivity index (χ3n) is 4.32. The number of aryl methyl sites for hydroxylation is 1. The van der Waals surface area contributed by atoms with E-state index >= 15 is 0 Å². The zero-order valence-corrected chi connectivity index (χ0v) is 15.1. The molecule has 1 aromatic heterocycles. The smallest absolute Gasteiger partial charge is 0.410 e. The third kappa shape index (κ3) is 4.96. The minimum atomic E-state index is -0.436. The molecule has 23 heavy (non-hydrogen) atoms. The topological polar surface area (TPSA) is 59.4 Å². The number of amides is 1. The van der Waals surface area contributed by atoms with Gasteiger partial charge in [-0.15, -0.1) is 0 Å². The highest BCUT2D eigenvalue weighted by Gasteiger charge is 2.33. The van der Waals surface area contributed by atoms with E-state index < -0.39 is 5.60 Å². The van der Waals surface area contributed by atoms with Gasteiger partial charge in [0.25, 0.3) is 0 Å². The van der Waals surface area contributed by atoms with Crippen LogP contribution in [0.4, 0.5) is 4.79 Å². The Morgan fingerprint density at radius 3 is 2.61 bits per heavy atom. The van der Waals surface area contributed by atoms with Crippen LogP contribution < -0.4 is 5.32 Å². The van der Waals surface area contributed by atoms with Crippen molar-refractivity contribution in [2.45, 2.75) is 71.7 Å². The summed E-state index contributed by atoms with van der Waals surface area (Å²) in [6.07, 6.45) is 3.48. The predicted octanol–water partition coefficient (Wildman–Crippen LogP) is 2.78. The van der Waals surface area contributed by atoms with Gasteiger partial charge in [-0.05, 0) is 53.5 Å². The molecule has 1 amide bonds. The van der Waals surface area contributed by atoms with Gasteiger partial charge >= 0.3 is 6.09 Å². The van der Waals surface area contributed by atoms with Crippen LogP contribution in [0.2, 0.25) is 0 Å². The van der Waals surface area contributed by atoms with Crippen molar-refractivity contribution in [1.82, 2.24) is 20.0 Å². The van der Waals surface area contributed by atoms with E-state index in [1.54, 1.807) is 0 Å². The molecule has 0 aromatic carbocycles. The summed E-state index contributed by atoms with van der Waals surface area (Å²) >= 11 is 0. The van der Waals surface area contributed by atoms with Crippen LogP contribution in [-0.4, -0.2) is 45.0 Å². The molecule has 6 nitrogen and oxygen atoms in total. The predicted molar refractivity (Wildman–Crippen MR) is 90.2 cm³/mol. The van der Waals surface area contributed by atoms with Crippen molar-refractivity contribution in [3.8, 4) is 0 Å². The Morgan fingerprint density at radius 1 is 1.39 bits per heavy atom. The number of nitrogens with zero attached hydrogens (tertiary/aromatic N) is 3. The zero-order chi connectivity index (χ0) is 17.1. The second-order valence-corrected chi connectivity index (χ2v) is 7.52. The SMILES string of the molecule is CCn1nccc1CNC1(C)CCN(C(=O)OC(C)(C)C)CC1. The Kier molecular flexibility index (Phi) is 5.34. The maximum absolute atomic E-state index is 12.1. The largest absolute Gasteiger partial charge is 0.444 e. The molecule has 6 heteroatoms. The Bertz CT molecular complexity index is 525. The average Bonchev–Trinajstić information content (AvgIpc) is 2.91. The normalized spacial score (nSPS) is 18.0. The van der Waals surface area contributed by atoms with Gasteiger partial charge in [0.15, 0.2) is 0 Å². The van der Waals surface area contributed by atoms with Crippen LogP contribution in [0.25, 0.3) is 0 Å². The van der Waals surface area contributed by atoms with E-state index in [4.69, 9.17) is 4.74 Å². The van der Waals surface area contributed by atoms with Gasteiger partial charge in [0.05, 0.1) is 5.69 Å². The average molecular weight is 322 g/mol. The third-order valence-corrected chi connectivity index (χ3v) is 4.32. The summed E-state index contributed by atoms with van der Waals surface area (Å²) in [5.74, 6) is 0. The maximum Gasteiger partial charge on any atom is 0.410 e. The molecule has 0 spiro atoms. The van der Waals surface area contributed by atoms with Gasteiger partial charge in [0, 0.05) is 37.9 Å². The number of aromatic nitrogens is 2. The first kappa shape index (κ1) is 17.8. The van der Waals surface area contributed by atoms with Crippen molar-refractivity contribution in [2.24, 2.45) is 0 Å². The number of likely N-dealkylation sites (tertiary alicyclic amines) is 1. The molecule has 1 N–H and O–H groups in total. The van der Waals surface area contributed by atoms with Crippen LogP contribution in [0.3, 0.4) is 0 Å². The first-order valence-electron chi connectivity index (χ1n) is 8.46. The lowest BCUT2D eigenvalue weighted by atomic mass is 9.89. The molecule has 0 bridgehead atoms. The fourth-order valence-electron chi connectivity index (χ4n) is 2.78. The first-order chi connectivity index (χ1) is 10.7. The van der Waals surface area contributed by atoms with E-state index in [9.17, 15) is 4.79 Å². The quantitative estimate of drug-likeness (QED) is 0.926. The number of carbonyl (C=O) groups is 1. The van der Waals surface area contributed by atoms with E-state index in [0.717, 1.165) is 39.0 Å². The van der Waals surface area contributed by atoms with Gasteiger partial charge in [0.1, 0.15) is 5.60 Å². The van der Waals surface area contributed by atoms with Gasteiger partial charge in [-0.25, -0.2) is 4.79 Å². The fourth-order valence-corrected chi connectivity index (χ4v) is 2.78. The molecule has 1 saturated heterocycles. The molecular weight excluding hydrogens is 292 g/mol. The lowest BCUT2D eigenvalue weighted by Crippen LogP contribution is -2.53.